The van der Waals surface area contributed by atoms with Gasteiger partial charge in [0, 0.05) is 12.0 Å². The van der Waals surface area contributed by atoms with Gasteiger partial charge in [-0.25, -0.2) is 0 Å². The number of alkyl halides is 2. The van der Waals surface area contributed by atoms with Crippen molar-refractivity contribution in [2.45, 2.75) is 38.0 Å². The molecule has 0 spiro atoms. The van der Waals surface area contributed by atoms with E-state index in [1.807, 2.05) is 29.2 Å². The van der Waals surface area contributed by atoms with Gasteiger partial charge >= 0.3 is 6.61 Å². The number of nitrogens with zero attached hydrogens (tertiary/aromatic N) is 2. The monoisotopic (exact) mass is 482 g/mol. The molecule has 5 nitrogen and oxygen atoms in total. The molecule has 0 bridgehead atoms. The molecule has 2 aliphatic heterocycles. The van der Waals surface area contributed by atoms with Crippen molar-refractivity contribution in [2.75, 3.05) is 25.1 Å². The second kappa shape index (κ2) is 9.31. The van der Waals surface area contributed by atoms with Gasteiger partial charge in [-0.05, 0) is 67.8 Å². The zero-order valence-electron chi connectivity index (χ0n) is 16.7. The molecule has 162 valence electrons. The van der Waals surface area contributed by atoms with Crippen LogP contribution in [0.2, 0.25) is 0 Å². The van der Waals surface area contributed by atoms with Crippen LogP contribution in [-0.2, 0) is 5.72 Å². The number of aliphatic hydroxyl groups is 1. The van der Waals surface area contributed by atoms with Crippen molar-refractivity contribution in [1.29, 1.82) is 0 Å². The first kappa shape index (κ1) is 22.5. The second-order valence-electron chi connectivity index (χ2n) is 7.40. The Morgan fingerprint density at radius 1 is 1.00 bits per heavy atom. The highest BCUT2D eigenvalue weighted by atomic mass is 79.9. The molecule has 1 N–H and O–H groups in total. The molecule has 2 aromatic rings. The quantitative estimate of drug-likeness (QED) is 0.644. The molecule has 0 amide bonds. The third kappa shape index (κ3) is 4.30. The lowest BCUT2D eigenvalue weighted by Gasteiger charge is -2.29. The summed E-state index contributed by atoms with van der Waals surface area (Å²) in [5.41, 5.74) is 0.237. The summed E-state index contributed by atoms with van der Waals surface area (Å²) in [6.07, 6.45) is 4.13. The predicted octanol–water partition coefficient (Wildman–Crippen LogP) is 0.951. The number of rotatable bonds is 5. The molecule has 0 aliphatic carbocycles. The SMILES string of the molecule is COc1ccc(C2(O)C[N+]3=C(CCCCC3)N2c2ccc(OC(F)F)cc2)cc1.[Br-]. The number of hydrogen-bond donors (Lipinski definition) is 1. The molecule has 4 rings (SSSR count). The second-order valence-corrected chi connectivity index (χ2v) is 7.40. The summed E-state index contributed by atoms with van der Waals surface area (Å²) in [7, 11) is 1.61. The van der Waals surface area contributed by atoms with E-state index in [0.717, 1.165) is 55.1 Å². The van der Waals surface area contributed by atoms with E-state index in [9.17, 15) is 13.9 Å². The number of benzene rings is 2. The third-order valence-electron chi connectivity index (χ3n) is 5.61. The summed E-state index contributed by atoms with van der Waals surface area (Å²) in [6.45, 7) is -1.53. The lowest BCUT2D eigenvalue weighted by molar-refractivity contribution is -0.534. The van der Waals surface area contributed by atoms with Crippen LogP contribution in [0.4, 0.5) is 14.5 Å². The van der Waals surface area contributed by atoms with Gasteiger partial charge in [0.2, 0.25) is 0 Å². The van der Waals surface area contributed by atoms with Gasteiger partial charge in [-0.3, -0.25) is 4.58 Å². The van der Waals surface area contributed by atoms with Crippen LogP contribution in [0, 0.1) is 0 Å². The Balaban J connectivity index is 0.00000256. The van der Waals surface area contributed by atoms with E-state index in [1.54, 1.807) is 19.2 Å². The van der Waals surface area contributed by atoms with Crippen molar-refractivity contribution in [3.8, 4) is 11.5 Å². The minimum atomic E-state index is -2.87. The van der Waals surface area contributed by atoms with Gasteiger partial charge in [-0.15, -0.1) is 0 Å². The standard InChI is InChI=1S/C22H25F2N2O3.BrH/c1-28-18-10-6-16(7-11-18)22(27)15-25-14-4-2-3-5-20(25)26(22)17-8-12-19(13-9-17)29-21(23)24;/h6-13,21,27H,2-5,14-15H2,1H3;1H/q+1;/p-1. The van der Waals surface area contributed by atoms with Gasteiger partial charge in [0.15, 0.2) is 6.54 Å². The summed E-state index contributed by atoms with van der Waals surface area (Å²) in [5, 5.41) is 11.8. The highest BCUT2D eigenvalue weighted by Gasteiger charge is 2.54. The maximum Gasteiger partial charge on any atom is 0.387 e. The summed E-state index contributed by atoms with van der Waals surface area (Å²) in [5.74, 6) is 1.87. The molecule has 30 heavy (non-hydrogen) atoms. The Labute approximate surface area is 185 Å². The van der Waals surface area contributed by atoms with Gasteiger partial charge in [0.05, 0.1) is 13.7 Å². The molecule has 0 fully saturated rings. The normalized spacial score (nSPS) is 21.2. The van der Waals surface area contributed by atoms with Crippen LogP contribution >= 0.6 is 0 Å². The van der Waals surface area contributed by atoms with Crippen molar-refractivity contribution >= 4 is 11.5 Å². The van der Waals surface area contributed by atoms with Gasteiger partial charge in [-0.1, -0.05) is 0 Å². The van der Waals surface area contributed by atoms with Crippen LogP contribution in [-0.4, -0.2) is 42.3 Å². The zero-order valence-corrected chi connectivity index (χ0v) is 18.3. The summed E-state index contributed by atoms with van der Waals surface area (Å²) >= 11 is 0. The van der Waals surface area contributed by atoms with Gasteiger partial charge < -0.3 is 31.6 Å². The minimum Gasteiger partial charge on any atom is -1.00 e. The predicted molar refractivity (Wildman–Crippen MR) is 106 cm³/mol. The van der Waals surface area contributed by atoms with Crippen molar-refractivity contribution in [2.24, 2.45) is 0 Å². The molecule has 0 aromatic heterocycles. The average Bonchev–Trinajstić information content (AvgIpc) is 2.85. The highest BCUT2D eigenvalue weighted by molar-refractivity contribution is 5.97. The first-order chi connectivity index (χ1) is 14.0. The minimum absolute atomic E-state index is 0. The molecule has 0 radical (unpaired) electrons. The lowest BCUT2D eigenvalue weighted by Crippen LogP contribution is -3.00. The van der Waals surface area contributed by atoms with Gasteiger partial charge in [0.25, 0.3) is 11.6 Å². The fraction of sp³-hybridized carbons (Fsp3) is 0.409. The molecular formula is C22H25BrF2N2O3. The van der Waals surface area contributed by atoms with Crippen LogP contribution in [0.15, 0.2) is 48.5 Å². The Morgan fingerprint density at radius 3 is 2.30 bits per heavy atom. The van der Waals surface area contributed by atoms with Crippen molar-refractivity contribution < 1.29 is 44.9 Å². The van der Waals surface area contributed by atoms with Crippen LogP contribution in [0.1, 0.15) is 31.2 Å². The highest BCUT2D eigenvalue weighted by Crippen LogP contribution is 2.38. The first-order valence-corrected chi connectivity index (χ1v) is 9.84. The van der Waals surface area contributed by atoms with Crippen LogP contribution in [0.3, 0.4) is 0 Å². The maximum absolute atomic E-state index is 12.5. The maximum atomic E-state index is 12.5. The molecule has 1 unspecified atom stereocenters. The van der Waals surface area contributed by atoms with E-state index in [0.29, 0.717) is 6.54 Å². The van der Waals surface area contributed by atoms with Gasteiger partial charge in [-0.2, -0.15) is 13.7 Å². The van der Waals surface area contributed by atoms with Crippen molar-refractivity contribution in [1.82, 2.24) is 0 Å². The van der Waals surface area contributed by atoms with Crippen LogP contribution < -0.4 is 31.4 Å². The zero-order chi connectivity index (χ0) is 20.4. The van der Waals surface area contributed by atoms with E-state index in [-0.39, 0.29) is 22.7 Å². The van der Waals surface area contributed by atoms with Crippen molar-refractivity contribution in [3.63, 3.8) is 0 Å². The fourth-order valence-corrected chi connectivity index (χ4v) is 4.24. The Bertz CT molecular complexity index is 890. The molecule has 2 aromatic carbocycles. The number of anilines is 1. The van der Waals surface area contributed by atoms with E-state index < -0.39 is 12.3 Å². The van der Waals surface area contributed by atoms with E-state index in [1.165, 1.54) is 12.1 Å². The largest absolute Gasteiger partial charge is 1.00 e. The van der Waals surface area contributed by atoms with Crippen LogP contribution in [0.5, 0.6) is 11.5 Å². The molecule has 2 heterocycles. The van der Waals surface area contributed by atoms with E-state index in [2.05, 4.69) is 9.31 Å². The van der Waals surface area contributed by atoms with E-state index in [4.69, 9.17) is 4.74 Å². The smallest absolute Gasteiger partial charge is 0.387 e. The van der Waals surface area contributed by atoms with E-state index >= 15 is 0 Å². The summed E-state index contributed by atoms with van der Waals surface area (Å²) in [6, 6.07) is 13.9. The Morgan fingerprint density at radius 2 is 1.67 bits per heavy atom. The molecule has 0 saturated heterocycles. The third-order valence-corrected chi connectivity index (χ3v) is 5.61. The number of methoxy groups -OCH3 is 1. The number of ether oxygens (including phenoxy) is 2. The molecule has 0 saturated carbocycles. The number of amidine groups is 1. The molecule has 2 aliphatic rings. The number of halogens is 3. The molecule has 8 heteroatoms. The fourth-order valence-electron chi connectivity index (χ4n) is 4.24. The van der Waals surface area contributed by atoms with Crippen molar-refractivity contribution in [3.05, 3.63) is 54.1 Å². The average molecular weight is 483 g/mol. The number of hydrogen-bond acceptors (Lipinski definition) is 4. The first-order valence-electron chi connectivity index (χ1n) is 9.84. The Kier molecular flexibility index (Phi) is 6.98. The van der Waals surface area contributed by atoms with Gasteiger partial charge in [0.1, 0.15) is 17.2 Å². The Hall–Kier alpha value is -2.19. The lowest BCUT2D eigenvalue weighted by atomic mass is 9.99. The van der Waals surface area contributed by atoms with Crippen LogP contribution in [0.25, 0.3) is 0 Å². The summed E-state index contributed by atoms with van der Waals surface area (Å²) in [4.78, 5) is 1.94. The summed E-state index contributed by atoms with van der Waals surface area (Å²) < 4.78 is 37.0. The molecular weight excluding hydrogens is 458 g/mol. The topological polar surface area (TPSA) is 44.9 Å². The molecule has 1 atom stereocenters.